The molecule has 86 valence electrons. The fourth-order valence-electron chi connectivity index (χ4n) is 1.42. The van der Waals surface area contributed by atoms with Gasteiger partial charge in [-0.15, -0.1) is 0 Å². The van der Waals surface area contributed by atoms with Gasteiger partial charge in [-0.2, -0.15) is 0 Å². The van der Waals surface area contributed by atoms with Gasteiger partial charge in [0.15, 0.2) is 0 Å². The predicted octanol–water partition coefficient (Wildman–Crippen LogP) is 0.947. The van der Waals surface area contributed by atoms with E-state index >= 15 is 0 Å². The van der Waals surface area contributed by atoms with Gasteiger partial charge in [-0.3, -0.25) is 0 Å². The van der Waals surface area contributed by atoms with E-state index in [-0.39, 0.29) is 6.04 Å². The highest BCUT2D eigenvalue weighted by Crippen LogP contribution is 2.32. The van der Waals surface area contributed by atoms with Crippen molar-refractivity contribution in [2.24, 2.45) is 5.92 Å². The summed E-state index contributed by atoms with van der Waals surface area (Å²) in [5.41, 5.74) is -1.22. The van der Waals surface area contributed by atoms with Crippen LogP contribution < -0.4 is 10.6 Å². The van der Waals surface area contributed by atoms with Crippen molar-refractivity contribution in [2.45, 2.75) is 45.2 Å². The van der Waals surface area contributed by atoms with Gasteiger partial charge in [0.05, 0.1) is 0 Å². The lowest BCUT2D eigenvalue weighted by Gasteiger charge is -2.21. The van der Waals surface area contributed by atoms with Crippen LogP contribution in [0.4, 0.5) is 4.79 Å². The van der Waals surface area contributed by atoms with Crippen molar-refractivity contribution < 1.29 is 14.7 Å². The Bertz CT molecular complexity index is 276. The highest BCUT2D eigenvalue weighted by Gasteiger charge is 2.38. The normalized spacial score (nSPS) is 24.5. The average molecular weight is 214 g/mol. The van der Waals surface area contributed by atoms with Gasteiger partial charge in [0, 0.05) is 6.04 Å². The van der Waals surface area contributed by atoms with Crippen LogP contribution in [-0.4, -0.2) is 28.7 Å². The quantitative estimate of drug-likeness (QED) is 0.652. The molecule has 3 N–H and O–H groups in total. The van der Waals surface area contributed by atoms with E-state index in [1.165, 1.54) is 13.8 Å². The Labute approximate surface area is 89.2 Å². The van der Waals surface area contributed by atoms with Crippen LogP contribution in [0, 0.1) is 5.92 Å². The first-order chi connectivity index (χ1) is 6.86. The first kappa shape index (κ1) is 11.8. The van der Waals surface area contributed by atoms with Crippen molar-refractivity contribution in [3.63, 3.8) is 0 Å². The van der Waals surface area contributed by atoms with E-state index in [4.69, 9.17) is 5.11 Å². The smallest absolute Gasteiger partial charge is 0.328 e. The number of urea groups is 1. The van der Waals surface area contributed by atoms with Crippen LogP contribution in [0.1, 0.15) is 33.6 Å². The van der Waals surface area contributed by atoms with Crippen molar-refractivity contribution in [2.75, 3.05) is 0 Å². The fraction of sp³-hybridized carbons (Fsp3) is 0.800. The zero-order chi connectivity index (χ0) is 11.6. The molecule has 0 radical (unpaired) electrons. The summed E-state index contributed by atoms with van der Waals surface area (Å²) in [4.78, 5) is 22.1. The van der Waals surface area contributed by atoms with Crippen LogP contribution in [0.25, 0.3) is 0 Å². The highest BCUT2D eigenvalue weighted by atomic mass is 16.4. The number of aliphatic carboxylic acids is 1. The molecule has 0 bridgehead atoms. The van der Waals surface area contributed by atoms with Gasteiger partial charge < -0.3 is 15.7 Å². The first-order valence-electron chi connectivity index (χ1n) is 5.19. The summed E-state index contributed by atoms with van der Waals surface area (Å²) in [5, 5.41) is 14.0. The molecular formula is C10H18N2O3. The van der Waals surface area contributed by atoms with E-state index in [2.05, 4.69) is 17.6 Å². The number of hydrogen-bond donors (Lipinski definition) is 3. The minimum absolute atomic E-state index is 0.222. The Morgan fingerprint density at radius 2 is 2.07 bits per heavy atom. The minimum atomic E-state index is -1.22. The zero-order valence-electron chi connectivity index (χ0n) is 9.33. The summed E-state index contributed by atoms with van der Waals surface area (Å²) in [5.74, 6) is -0.482. The second-order valence-corrected chi connectivity index (χ2v) is 4.54. The molecular weight excluding hydrogens is 196 g/mol. The van der Waals surface area contributed by atoms with Crippen molar-refractivity contribution in [1.82, 2.24) is 10.6 Å². The van der Waals surface area contributed by atoms with Gasteiger partial charge in [0.25, 0.3) is 0 Å². The van der Waals surface area contributed by atoms with Crippen LogP contribution in [0.5, 0.6) is 0 Å². The molecule has 1 aliphatic rings. The van der Waals surface area contributed by atoms with E-state index in [1.807, 2.05) is 0 Å². The summed E-state index contributed by atoms with van der Waals surface area (Å²) >= 11 is 0. The number of amides is 2. The summed E-state index contributed by atoms with van der Waals surface area (Å²) in [7, 11) is 0. The third-order valence-corrected chi connectivity index (χ3v) is 2.72. The lowest BCUT2D eigenvalue weighted by molar-refractivity contribution is -0.142. The Morgan fingerprint density at radius 1 is 1.47 bits per heavy atom. The van der Waals surface area contributed by atoms with Crippen LogP contribution in [0.2, 0.25) is 0 Å². The van der Waals surface area contributed by atoms with Crippen molar-refractivity contribution in [3.05, 3.63) is 0 Å². The molecule has 5 heteroatoms. The maximum absolute atomic E-state index is 11.4. The largest absolute Gasteiger partial charge is 0.480 e. The molecule has 2 unspecified atom stereocenters. The van der Waals surface area contributed by atoms with Crippen LogP contribution in [0.3, 0.4) is 0 Å². The van der Waals surface area contributed by atoms with E-state index in [0.717, 1.165) is 12.8 Å². The number of nitrogens with one attached hydrogen (secondary N) is 2. The standard InChI is InChI=1S/C10H18N2O3/c1-4-6-5-7(6)11-9(15)12-10(2,3)8(13)14/h6-7H,4-5H2,1-3H3,(H,13,14)(H2,11,12,15). The van der Waals surface area contributed by atoms with Gasteiger partial charge in [-0.25, -0.2) is 9.59 Å². The van der Waals surface area contributed by atoms with Gasteiger partial charge >= 0.3 is 12.0 Å². The van der Waals surface area contributed by atoms with Crippen molar-refractivity contribution in [1.29, 1.82) is 0 Å². The Hall–Kier alpha value is -1.26. The summed E-state index contributed by atoms with van der Waals surface area (Å²) < 4.78 is 0. The molecule has 0 aliphatic heterocycles. The van der Waals surface area contributed by atoms with Gasteiger partial charge in [0.1, 0.15) is 5.54 Å². The third-order valence-electron chi connectivity index (χ3n) is 2.72. The second kappa shape index (κ2) is 4.08. The molecule has 1 fully saturated rings. The predicted molar refractivity (Wildman–Crippen MR) is 55.6 cm³/mol. The lowest BCUT2D eigenvalue weighted by atomic mass is 10.1. The Balaban J connectivity index is 2.34. The molecule has 2 atom stereocenters. The molecule has 0 saturated heterocycles. The SMILES string of the molecule is CCC1CC1NC(=O)NC(C)(C)C(=O)O. The van der Waals surface area contributed by atoms with Crippen LogP contribution >= 0.6 is 0 Å². The van der Waals surface area contributed by atoms with Gasteiger partial charge in [-0.05, 0) is 26.2 Å². The number of carbonyl (C=O) groups is 2. The van der Waals surface area contributed by atoms with Gasteiger partial charge in [0.2, 0.25) is 0 Å². The number of hydrogen-bond acceptors (Lipinski definition) is 2. The summed E-state index contributed by atoms with van der Waals surface area (Å²) in [6.45, 7) is 4.99. The van der Waals surface area contributed by atoms with E-state index in [1.54, 1.807) is 0 Å². The molecule has 0 aromatic rings. The fourth-order valence-corrected chi connectivity index (χ4v) is 1.42. The molecule has 0 aromatic heterocycles. The molecule has 2 amide bonds. The number of rotatable bonds is 4. The average Bonchev–Trinajstić information content (AvgIpc) is 2.81. The lowest BCUT2D eigenvalue weighted by Crippen LogP contribution is -2.53. The second-order valence-electron chi connectivity index (χ2n) is 4.54. The van der Waals surface area contributed by atoms with Crippen LogP contribution in [0.15, 0.2) is 0 Å². The number of carbonyl (C=O) groups excluding carboxylic acids is 1. The van der Waals surface area contributed by atoms with Crippen LogP contribution in [-0.2, 0) is 4.79 Å². The molecule has 0 aromatic carbocycles. The topological polar surface area (TPSA) is 78.4 Å². The summed E-state index contributed by atoms with van der Waals surface area (Å²) in [6.07, 6.45) is 2.05. The Morgan fingerprint density at radius 3 is 2.47 bits per heavy atom. The monoisotopic (exact) mass is 214 g/mol. The number of carboxylic acids is 1. The molecule has 0 heterocycles. The third kappa shape index (κ3) is 3.11. The molecule has 15 heavy (non-hydrogen) atoms. The molecule has 1 rings (SSSR count). The minimum Gasteiger partial charge on any atom is -0.480 e. The molecule has 0 spiro atoms. The molecule has 1 aliphatic carbocycles. The number of carboxylic acid groups (broad SMARTS) is 1. The Kier molecular flexibility index (Phi) is 3.21. The van der Waals surface area contributed by atoms with E-state index in [0.29, 0.717) is 5.92 Å². The molecule has 1 saturated carbocycles. The maximum atomic E-state index is 11.4. The highest BCUT2D eigenvalue weighted by molar-refractivity contribution is 5.85. The van der Waals surface area contributed by atoms with Crippen molar-refractivity contribution >= 4 is 12.0 Å². The molecule has 5 nitrogen and oxygen atoms in total. The zero-order valence-corrected chi connectivity index (χ0v) is 9.33. The van der Waals surface area contributed by atoms with E-state index < -0.39 is 17.5 Å². The maximum Gasteiger partial charge on any atom is 0.328 e. The summed E-state index contributed by atoms with van der Waals surface area (Å²) in [6, 6.07) is -0.178. The van der Waals surface area contributed by atoms with Crippen molar-refractivity contribution in [3.8, 4) is 0 Å². The van der Waals surface area contributed by atoms with E-state index in [9.17, 15) is 9.59 Å². The first-order valence-corrected chi connectivity index (χ1v) is 5.19. The van der Waals surface area contributed by atoms with Gasteiger partial charge in [-0.1, -0.05) is 13.3 Å².